The molecule has 4 heteroatoms. The summed E-state index contributed by atoms with van der Waals surface area (Å²) in [5.41, 5.74) is 0. The zero-order valence-corrected chi connectivity index (χ0v) is 10.7. The van der Waals surface area contributed by atoms with Crippen LogP contribution in [0.25, 0.3) is 0 Å². The fourth-order valence-corrected chi connectivity index (χ4v) is 2.73. The number of hydrogen-bond donors (Lipinski definition) is 2. The van der Waals surface area contributed by atoms with E-state index in [9.17, 15) is 5.11 Å². The van der Waals surface area contributed by atoms with Gasteiger partial charge in [0.2, 0.25) is 0 Å². The molecule has 1 aliphatic rings. The third-order valence-corrected chi connectivity index (χ3v) is 3.90. The first-order valence-electron chi connectivity index (χ1n) is 6.26. The number of rotatable bonds is 4. The Labute approximate surface area is 107 Å². The van der Waals surface area contributed by atoms with Crippen LogP contribution in [-0.2, 0) is 0 Å². The zero-order valence-electron chi connectivity index (χ0n) is 9.90. The Balaban J connectivity index is 1.90. The van der Waals surface area contributed by atoms with Crippen LogP contribution >= 0.6 is 11.6 Å². The molecule has 2 rings (SSSR count). The number of halogens is 1. The molecule has 1 fully saturated rings. The molecule has 0 radical (unpaired) electrons. The molecule has 2 atom stereocenters. The van der Waals surface area contributed by atoms with Crippen LogP contribution < -0.4 is 5.32 Å². The molecule has 0 spiro atoms. The molecule has 1 aliphatic carbocycles. The summed E-state index contributed by atoms with van der Waals surface area (Å²) in [6.07, 6.45) is 6.56. The van der Waals surface area contributed by atoms with Crippen molar-refractivity contribution >= 4 is 17.4 Å². The van der Waals surface area contributed by atoms with Crippen LogP contribution in [-0.4, -0.2) is 23.2 Å². The van der Waals surface area contributed by atoms with E-state index in [1.54, 1.807) is 6.20 Å². The van der Waals surface area contributed by atoms with Crippen LogP contribution in [0.2, 0.25) is 5.02 Å². The van der Waals surface area contributed by atoms with Gasteiger partial charge in [-0.2, -0.15) is 0 Å². The molecule has 0 bridgehead atoms. The molecule has 1 saturated carbocycles. The van der Waals surface area contributed by atoms with Gasteiger partial charge in [-0.3, -0.25) is 0 Å². The molecule has 2 N–H and O–H groups in total. The van der Waals surface area contributed by atoms with Gasteiger partial charge in [0.15, 0.2) is 0 Å². The number of anilines is 1. The monoisotopic (exact) mass is 254 g/mol. The first-order valence-corrected chi connectivity index (χ1v) is 6.64. The lowest BCUT2D eigenvalue weighted by Gasteiger charge is -2.30. The minimum Gasteiger partial charge on any atom is -0.396 e. The first-order chi connectivity index (χ1) is 8.31. The van der Waals surface area contributed by atoms with Gasteiger partial charge in [0, 0.05) is 19.3 Å². The lowest BCUT2D eigenvalue weighted by atomic mass is 9.79. The van der Waals surface area contributed by atoms with Crippen molar-refractivity contribution < 1.29 is 5.11 Å². The zero-order chi connectivity index (χ0) is 12.1. The molecule has 1 heterocycles. The Kier molecular flexibility index (Phi) is 4.63. The van der Waals surface area contributed by atoms with Gasteiger partial charge in [0.25, 0.3) is 0 Å². The van der Waals surface area contributed by atoms with E-state index in [2.05, 4.69) is 10.3 Å². The normalized spacial score (nSPS) is 24.6. The van der Waals surface area contributed by atoms with Crippen molar-refractivity contribution in [2.75, 3.05) is 18.5 Å². The van der Waals surface area contributed by atoms with Crippen molar-refractivity contribution in [3.63, 3.8) is 0 Å². The number of aliphatic hydroxyl groups is 1. The highest BCUT2D eigenvalue weighted by Gasteiger charge is 2.24. The Bertz CT molecular complexity index is 359. The maximum absolute atomic E-state index is 9.34. The van der Waals surface area contributed by atoms with Crippen LogP contribution in [0.1, 0.15) is 25.7 Å². The predicted octanol–water partition coefficient (Wildman–Crippen LogP) is 2.95. The molecule has 94 valence electrons. The van der Waals surface area contributed by atoms with Gasteiger partial charge in [0.1, 0.15) is 5.82 Å². The number of aromatic nitrogens is 1. The summed E-state index contributed by atoms with van der Waals surface area (Å²) >= 11 is 6.04. The average molecular weight is 255 g/mol. The second-order valence-corrected chi connectivity index (χ2v) is 5.11. The maximum atomic E-state index is 9.34. The predicted molar refractivity (Wildman–Crippen MR) is 70.3 cm³/mol. The van der Waals surface area contributed by atoms with E-state index < -0.39 is 0 Å². The number of pyridine rings is 1. The van der Waals surface area contributed by atoms with E-state index in [1.807, 2.05) is 12.1 Å². The van der Waals surface area contributed by atoms with E-state index in [4.69, 9.17) is 11.6 Å². The molecule has 0 aliphatic heterocycles. The summed E-state index contributed by atoms with van der Waals surface area (Å²) < 4.78 is 0. The molecule has 3 nitrogen and oxygen atoms in total. The Morgan fingerprint density at radius 3 is 2.82 bits per heavy atom. The van der Waals surface area contributed by atoms with Crippen LogP contribution in [0, 0.1) is 11.8 Å². The summed E-state index contributed by atoms with van der Waals surface area (Å²) in [6.45, 7) is 1.14. The van der Waals surface area contributed by atoms with Crippen LogP contribution in [0.5, 0.6) is 0 Å². The fraction of sp³-hybridized carbons (Fsp3) is 0.615. The van der Waals surface area contributed by atoms with E-state index in [0.717, 1.165) is 18.8 Å². The molecule has 2 unspecified atom stereocenters. The summed E-state index contributed by atoms with van der Waals surface area (Å²) in [7, 11) is 0. The molecule has 0 aromatic carbocycles. The summed E-state index contributed by atoms with van der Waals surface area (Å²) in [4.78, 5) is 4.21. The minimum atomic E-state index is 0.294. The average Bonchev–Trinajstić information content (AvgIpc) is 2.38. The van der Waals surface area contributed by atoms with Gasteiger partial charge in [-0.25, -0.2) is 4.98 Å². The number of nitrogens with one attached hydrogen (secondary N) is 1. The number of hydrogen-bond acceptors (Lipinski definition) is 3. The van der Waals surface area contributed by atoms with E-state index in [-0.39, 0.29) is 0 Å². The number of aliphatic hydroxyl groups excluding tert-OH is 1. The highest BCUT2D eigenvalue weighted by atomic mass is 35.5. The largest absolute Gasteiger partial charge is 0.396 e. The molecule has 0 amide bonds. The number of nitrogens with zero attached hydrogens (tertiary/aromatic N) is 1. The van der Waals surface area contributed by atoms with Crippen LogP contribution in [0.15, 0.2) is 18.3 Å². The summed E-state index contributed by atoms with van der Waals surface area (Å²) in [5, 5.41) is 13.3. The minimum absolute atomic E-state index is 0.294. The first kappa shape index (κ1) is 12.7. The van der Waals surface area contributed by atoms with Crippen molar-refractivity contribution in [2.24, 2.45) is 11.8 Å². The second-order valence-electron chi connectivity index (χ2n) is 4.70. The Morgan fingerprint density at radius 2 is 2.12 bits per heavy atom. The topological polar surface area (TPSA) is 45.1 Å². The van der Waals surface area contributed by atoms with Gasteiger partial charge < -0.3 is 10.4 Å². The van der Waals surface area contributed by atoms with Crippen molar-refractivity contribution in [3.05, 3.63) is 23.4 Å². The lowest BCUT2D eigenvalue weighted by Crippen LogP contribution is -2.28. The summed E-state index contributed by atoms with van der Waals surface area (Å²) in [5.74, 6) is 1.71. The van der Waals surface area contributed by atoms with Gasteiger partial charge in [-0.15, -0.1) is 0 Å². The second kappa shape index (κ2) is 6.22. The molecule has 17 heavy (non-hydrogen) atoms. The third-order valence-electron chi connectivity index (χ3n) is 3.59. The van der Waals surface area contributed by atoms with Crippen molar-refractivity contribution in [1.29, 1.82) is 0 Å². The molecular weight excluding hydrogens is 236 g/mol. The molecule has 1 aromatic heterocycles. The van der Waals surface area contributed by atoms with E-state index >= 15 is 0 Å². The smallest absolute Gasteiger partial charge is 0.144 e. The molecule has 0 saturated heterocycles. The Hall–Kier alpha value is -0.800. The standard InChI is InChI=1S/C13H19ClN2O/c14-12-6-3-7-15-13(12)16-8-10-4-1-2-5-11(10)9-17/h3,6-7,10-11,17H,1-2,4-5,8-9H2,(H,15,16). The van der Waals surface area contributed by atoms with E-state index in [0.29, 0.717) is 23.5 Å². The lowest BCUT2D eigenvalue weighted by molar-refractivity contribution is 0.141. The molecule has 1 aromatic rings. The van der Waals surface area contributed by atoms with Crippen molar-refractivity contribution in [3.8, 4) is 0 Å². The summed E-state index contributed by atoms with van der Waals surface area (Å²) in [6, 6.07) is 3.66. The maximum Gasteiger partial charge on any atom is 0.144 e. The molecular formula is C13H19ClN2O. The van der Waals surface area contributed by atoms with Crippen LogP contribution in [0.4, 0.5) is 5.82 Å². The highest BCUT2D eigenvalue weighted by molar-refractivity contribution is 6.32. The quantitative estimate of drug-likeness (QED) is 0.868. The van der Waals surface area contributed by atoms with Crippen molar-refractivity contribution in [2.45, 2.75) is 25.7 Å². The van der Waals surface area contributed by atoms with Gasteiger partial charge in [0.05, 0.1) is 5.02 Å². The fourth-order valence-electron chi connectivity index (χ4n) is 2.54. The third kappa shape index (κ3) is 3.33. The van der Waals surface area contributed by atoms with Gasteiger partial charge in [-0.1, -0.05) is 24.4 Å². The van der Waals surface area contributed by atoms with Crippen molar-refractivity contribution in [1.82, 2.24) is 4.98 Å². The van der Waals surface area contributed by atoms with Gasteiger partial charge in [-0.05, 0) is 36.8 Å². The van der Waals surface area contributed by atoms with E-state index in [1.165, 1.54) is 19.3 Å². The SMILES string of the molecule is OCC1CCCCC1CNc1ncccc1Cl. The van der Waals surface area contributed by atoms with Crippen LogP contribution in [0.3, 0.4) is 0 Å². The Morgan fingerprint density at radius 1 is 1.35 bits per heavy atom. The van der Waals surface area contributed by atoms with Gasteiger partial charge >= 0.3 is 0 Å². The highest BCUT2D eigenvalue weighted by Crippen LogP contribution is 2.30.